The molecule has 3 aromatic carbocycles. The fourth-order valence-electron chi connectivity index (χ4n) is 4.20. The van der Waals surface area contributed by atoms with Gasteiger partial charge >= 0.3 is 0 Å². The molecule has 2 N–H and O–H groups in total. The van der Waals surface area contributed by atoms with E-state index in [1.807, 2.05) is 0 Å². The van der Waals surface area contributed by atoms with Crippen LogP contribution in [0.25, 0.3) is 21.8 Å². The summed E-state index contributed by atoms with van der Waals surface area (Å²) in [4.78, 5) is 6.90. The van der Waals surface area contributed by atoms with Crippen LogP contribution >= 0.6 is 0 Å². The van der Waals surface area contributed by atoms with Crippen molar-refractivity contribution in [3.05, 3.63) is 102 Å². The molecule has 5 rings (SSSR count). The van der Waals surface area contributed by atoms with Gasteiger partial charge in [0.25, 0.3) is 0 Å². The predicted octanol–water partition coefficient (Wildman–Crippen LogP) is 6.62. The maximum Gasteiger partial charge on any atom is 0.119 e. The molecule has 29 heavy (non-hydrogen) atoms. The van der Waals surface area contributed by atoms with E-state index in [0.717, 1.165) is 16.8 Å². The SMILES string of the molecule is CC(C)Oc1ccc(C(c2c[nH]c3ccccc23)c2c[nH]c3ccccc23)cc1. The first-order valence-corrected chi connectivity index (χ1v) is 10.1. The Labute approximate surface area is 170 Å². The Morgan fingerprint density at radius 1 is 0.655 bits per heavy atom. The van der Waals surface area contributed by atoms with E-state index in [9.17, 15) is 0 Å². The molecule has 0 amide bonds. The van der Waals surface area contributed by atoms with Gasteiger partial charge in [-0.2, -0.15) is 0 Å². The number of H-pyrrole nitrogens is 2. The lowest BCUT2D eigenvalue weighted by Crippen LogP contribution is -2.06. The normalized spacial score (nSPS) is 11.7. The third kappa shape index (κ3) is 3.19. The molecule has 0 aliphatic carbocycles. The predicted molar refractivity (Wildman–Crippen MR) is 120 cm³/mol. The summed E-state index contributed by atoms with van der Waals surface area (Å²) >= 11 is 0. The molecule has 0 saturated carbocycles. The minimum absolute atomic E-state index is 0.121. The third-order valence-corrected chi connectivity index (χ3v) is 5.45. The summed E-state index contributed by atoms with van der Waals surface area (Å²) < 4.78 is 5.86. The molecule has 0 bridgehead atoms. The van der Waals surface area contributed by atoms with Crippen LogP contribution in [0.3, 0.4) is 0 Å². The molecule has 0 aliphatic heterocycles. The number of hydrogen-bond donors (Lipinski definition) is 2. The largest absolute Gasteiger partial charge is 0.491 e. The third-order valence-electron chi connectivity index (χ3n) is 5.45. The lowest BCUT2D eigenvalue weighted by atomic mass is 9.85. The fraction of sp³-hybridized carbons (Fsp3) is 0.154. The first-order chi connectivity index (χ1) is 14.2. The van der Waals surface area contributed by atoms with Gasteiger partial charge in [-0.25, -0.2) is 0 Å². The minimum atomic E-state index is 0.121. The second-order valence-electron chi connectivity index (χ2n) is 7.75. The molecule has 0 spiro atoms. The average Bonchev–Trinajstić information content (AvgIpc) is 3.35. The Kier molecular flexibility index (Phi) is 4.36. The number of fused-ring (bicyclic) bond motifs is 2. The summed E-state index contributed by atoms with van der Waals surface area (Å²) in [5.74, 6) is 1.02. The van der Waals surface area contributed by atoms with Crippen LogP contribution in [0.1, 0.15) is 36.5 Å². The van der Waals surface area contributed by atoms with Crippen LogP contribution in [0.5, 0.6) is 5.75 Å². The number of aromatic amines is 2. The van der Waals surface area contributed by atoms with Gasteiger partial charge in [0.05, 0.1) is 6.10 Å². The van der Waals surface area contributed by atoms with Crippen molar-refractivity contribution >= 4 is 21.8 Å². The van der Waals surface area contributed by atoms with E-state index in [-0.39, 0.29) is 12.0 Å². The topological polar surface area (TPSA) is 40.8 Å². The number of ether oxygens (including phenoxy) is 1. The van der Waals surface area contributed by atoms with Gasteiger partial charge in [0.1, 0.15) is 5.75 Å². The molecule has 2 heterocycles. The smallest absolute Gasteiger partial charge is 0.119 e. The quantitative estimate of drug-likeness (QED) is 0.353. The van der Waals surface area contributed by atoms with Gasteiger partial charge < -0.3 is 14.7 Å². The number of rotatable bonds is 5. The zero-order chi connectivity index (χ0) is 19.8. The highest BCUT2D eigenvalue weighted by Gasteiger charge is 2.23. The number of para-hydroxylation sites is 2. The van der Waals surface area contributed by atoms with E-state index in [2.05, 4.69) is 109 Å². The van der Waals surface area contributed by atoms with Gasteiger partial charge in [-0.15, -0.1) is 0 Å². The van der Waals surface area contributed by atoms with Crippen molar-refractivity contribution in [3.63, 3.8) is 0 Å². The first kappa shape index (κ1) is 17.6. The van der Waals surface area contributed by atoms with E-state index in [1.165, 1.54) is 27.5 Å². The van der Waals surface area contributed by atoms with E-state index < -0.39 is 0 Å². The van der Waals surface area contributed by atoms with Crippen molar-refractivity contribution in [2.45, 2.75) is 25.9 Å². The van der Waals surface area contributed by atoms with Crippen molar-refractivity contribution < 1.29 is 4.74 Å². The van der Waals surface area contributed by atoms with E-state index in [4.69, 9.17) is 4.74 Å². The molecule has 0 unspecified atom stereocenters. The van der Waals surface area contributed by atoms with Crippen molar-refractivity contribution in [2.24, 2.45) is 0 Å². The highest BCUT2D eigenvalue weighted by Crippen LogP contribution is 2.39. The molecule has 0 atom stereocenters. The number of benzene rings is 3. The summed E-state index contributed by atoms with van der Waals surface area (Å²) in [6.45, 7) is 4.10. The van der Waals surface area contributed by atoms with Crippen LogP contribution in [0.4, 0.5) is 0 Å². The number of hydrogen-bond acceptors (Lipinski definition) is 1. The van der Waals surface area contributed by atoms with Gasteiger partial charge in [0.2, 0.25) is 0 Å². The van der Waals surface area contributed by atoms with Crippen molar-refractivity contribution in [2.75, 3.05) is 0 Å². The van der Waals surface area contributed by atoms with Crippen molar-refractivity contribution in [3.8, 4) is 5.75 Å². The van der Waals surface area contributed by atoms with E-state index in [1.54, 1.807) is 0 Å². The van der Waals surface area contributed by atoms with Gasteiger partial charge in [0.15, 0.2) is 0 Å². The first-order valence-electron chi connectivity index (χ1n) is 10.1. The van der Waals surface area contributed by atoms with Gasteiger partial charge in [-0.3, -0.25) is 0 Å². The van der Waals surface area contributed by atoms with Crippen LogP contribution in [0.2, 0.25) is 0 Å². The maximum absolute atomic E-state index is 5.86. The molecule has 0 radical (unpaired) electrons. The highest BCUT2D eigenvalue weighted by atomic mass is 16.5. The lowest BCUT2D eigenvalue weighted by Gasteiger charge is -2.18. The lowest BCUT2D eigenvalue weighted by molar-refractivity contribution is 0.242. The maximum atomic E-state index is 5.86. The molecule has 3 heteroatoms. The molecule has 2 aromatic heterocycles. The minimum Gasteiger partial charge on any atom is -0.491 e. The Morgan fingerprint density at radius 3 is 1.69 bits per heavy atom. The van der Waals surface area contributed by atoms with Gasteiger partial charge in [-0.05, 0) is 54.8 Å². The summed E-state index contributed by atoms with van der Waals surface area (Å²) in [6.07, 6.45) is 4.46. The molecule has 5 aromatic rings. The molecule has 3 nitrogen and oxygen atoms in total. The second-order valence-corrected chi connectivity index (χ2v) is 7.75. The summed E-state index contributed by atoms with van der Waals surface area (Å²) in [5, 5.41) is 2.51. The molecular formula is C26H24N2O. The number of aromatic nitrogens is 2. The van der Waals surface area contributed by atoms with Gasteiger partial charge in [0, 0.05) is 40.1 Å². The average molecular weight is 380 g/mol. The van der Waals surface area contributed by atoms with E-state index >= 15 is 0 Å². The van der Waals surface area contributed by atoms with Crippen LogP contribution in [0, 0.1) is 0 Å². The van der Waals surface area contributed by atoms with Crippen LogP contribution < -0.4 is 4.74 Å². The highest BCUT2D eigenvalue weighted by molar-refractivity contribution is 5.89. The van der Waals surface area contributed by atoms with Crippen LogP contribution in [0.15, 0.2) is 85.2 Å². The molecule has 0 aliphatic rings. The number of nitrogens with one attached hydrogen (secondary N) is 2. The van der Waals surface area contributed by atoms with Crippen LogP contribution in [-0.4, -0.2) is 16.1 Å². The zero-order valence-electron chi connectivity index (χ0n) is 16.6. The Balaban J connectivity index is 1.69. The van der Waals surface area contributed by atoms with E-state index in [0.29, 0.717) is 0 Å². The second kappa shape index (κ2) is 7.17. The summed E-state index contributed by atoms with van der Waals surface area (Å²) in [5.41, 5.74) is 6.13. The Bertz CT molecular complexity index is 1190. The molecule has 0 saturated heterocycles. The molecule has 144 valence electrons. The Morgan fingerprint density at radius 2 is 1.17 bits per heavy atom. The van der Waals surface area contributed by atoms with Crippen molar-refractivity contribution in [1.29, 1.82) is 0 Å². The fourth-order valence-corrected chi connectivity index (χ4v) is 4.20. The summed E-state index contributed by atoms with van der Waals surface area (Å²) in [7, 11) is 0. The van der Waals surface area contributed by atoms with Crippen LogP contribution in [-0.2, 0) is 0 Å². The molecular weight excluding hydrogens is 356 g/mol. The molecule has 0 fully saturated rings. The van der Waals surface area contributed by atoms with Gasteiger partial charge in [-0.1, -0.05) is 48.5 Å². The zero-order valence-corrected chi connectivity index (χ0v) is 16.6. The summed E-state index contributed by atoms with van der Waals surface area (Å²) in [6, 6.07) is 25.5. The van der Waals surface area contributed by atoms with Crippen molar-refractivity contribution in [1.82, 2.24) is 9.97 Å². The monoisotopic (exact) mass is 380 g/mol. The Hall–Kier alpha value is -3.46. The standard InChI is InChI=1S/C26H24N2O/c1-17(2)29-19-13-11-18(12-14-19)26(22-15-27-24-9-5-3-7-20(22)24)23-16-28-25-10-6-4-8-21(23)25/h3-17,26-28H,1-2H3.